The average Bonchev–Trinajstić information content (AvgIpc) is 2.56. The van der Waals surface area contributed by atoms with Gasteiger partial charge in [-0.3, -0.25) is 4.79 Å². The first-order valence-corrected chi connectivity index (χ1v) is 7.04. The molecule has 0 heterocycles. The largest absolute Gasteiger partial charge is 0.481 e. The summed E-state index contributed by atoms with van der Waals surface area (Å²) >= 11 is 0. The molecule has 7 heteroatoms. The summed E-state index contributed by atoms with van der Waals surface area (Å²) in [5, 5.41) is 12.4. The molecule has 2 aromatic rings. The van der Waals surface area contributed by atoms with Crippen LogP contribution in [0.5, 0.6) is 5.75 Å². The highest BCUT2D eigenvalue weighted by Crippen LogP contribution is 2.15. The molecule has 2 N–H and O–H groups in total. The van der Waals surface area contributed by atoms with E-state index in [0.717, 1.165) is 0 Å². The number of carboxylic acid groups (broad SMARTS) is 1. The number of nitrogens with one attached hydrogen (secondary N) is 1. The Labute approximate surface area is 137 Å². The van der Waals surface area contributed by atoms with Gasteiger partial charge in [-0.2, -0.15) is 5.10 Å². The molecule has 0 radical (unpaired) electrons. The second-order valence-electron chi connectivity index (χ2n) is 4.82. The lowest BCUT2D eigenvalue weighted by Gasteiger charge is -2.06. The van der Waals surface area contributed by atoms with E-state index in [0.29, 0.717) is 16.9 Å². The number of amides is 1. The Morgan fingerprint density at radius 2 is 1.88 bits per heavy atom. The minimum absolute atomic E-state index is 0.0643. The summed E-state index contributed by atoms with van der Waals surface area (Å²) in [5.41, 5.74) is 3.54. The number of hydrogen-bond donors (Lipinski definition) is 2. The van der Waals surface area contributed by atoms with Gasteiger partial charge in [0, 0.05) is 5.56 Å². The van der Waals surface area contributed by atoms with Crippen LogP contribution < -0.4 is 10.2 Å². The van der Waals surface area contributed by atoms with E-state index in [1.165, 1.54) is 30.5 Å². The second kappa shape index (κ2) is 8.42. The first-order chi connectivity index (χ1) is 11.5. The van der Waals surface area contributed by atoms with Crippen LogP contribution in [0.2, 0.25) is 0 Å². The van der Waals surface area contributed by atoms with Gasteiger partial charge in [0.05, 0.1) is 12.6 Å². The molecule has 0 aromatic heterocycles. The molecule has 0 aliphatic rings. The molecule has 0 saturated heterocycles. The summed E-state index contributed by atoms with van der Waals surface area (Å²) in [6.45, 7) is -0.470. The molecule has 0 bridgehead atoms. The van der Waals surface area contributed by atoms with E-state index in [1.807, 2.05) is 0 Å². The molecule has 1 amide bonds. The van der Waals surface area contributed by atoms with Crippen LogP contribution in [-0.2, 0) is 16.0 Å². The number of aliphatic carboxylic acids is 1. The van der Waals surface area contributed by atoms with Crippen molar-refractivity contribution < 1.29 is 23.8 Å². The van der Waals surface area contributed by atoms with Crippen molar-refractivity contribution in [2.75, 3.05) is 6.61 Å². The molecule has 2 rings (SSSR count). The molecule has 0 spiro atoms. The standard InChI is InChI=1S/C17H15FN2O4/c18-14-7-5-12(6-8-14)9-16(21)20-19-10-13-3-1-2-4-15(13)24-11-17(22)23/h1-8,10H,9,11H2,(H,20,21)(H,22,23)/b19-10-. The Hall–Kier alpha value is -3.22. The van der Waals surface area contributed by atoms with E-state index < -0.39 is 12.6 Å². The Morgan fingerprint density at radius 3 is 2.58 bits per heavy atom. The zero-order valence-corrected chi connectivity index (χ0v) is 12.6. The van der Waals surface area contributed by atoms with Crippen LogP contribution in [0.1, 0.15) is 11.1 Å². The molecule has 2 aromatic carbocycles. The van der Waals surface area contributed by atoms with Crippen molar-refractivity contribution in [2.24, 2.45) is 5.10 Å². The third kappa shape index (κ3) is 5.53. The fourth-order valence-corrected chi connectivity index (χ4v) is 1.86. The molecular formula is C17H15FN2O4. The first kappa shape index (κ1) is 17.1. The topological polar surface area (TPSA) is 88.0 Å². The van der Waals surface area contributed by atoms with Crippen LogP contribution in [0.15, 0.2) is 53.6 Å². The highest BCUT2D eigenvalue weighted by Gasteiger charge is 2.05. The maximum Gasteiger partial charge on any atom is 0.341 e. The van der Waals surface area contributed by atoms with E-state index >= 15 is 0 Å². The van der Waals surface area contributed by atoms with Gasteiger partial charge in [0.15, 0.2) is 6.61 Å². The highest BCUT2D eigenvalue weighted by molar-refractivity contribution is 5.85. The highest BCUT2D eigenvalue weighted by atomic mass is 19.1. The number of nitrogens with zero attached hydrogens (tertiary/aromatic N) is 1. The molecule has 6 nitrogen and oxygen atoms in total. The quantitative estimate of drug-likeness (QED) is 0.600. The number of hydrazone groups is 1. The van der Waals surface area contributed by atoms with Crippen LogP contribution in [0.4, 0.5) is 4.39 Å². The number of carbonyl (C=O) groups excluding carboxylic acids is 1. The summed E-state index contributed by atoms with van der Waals surface area (Å²) in [6, 6.07) is 12.3. The smallest absolute Gasteiger partial charge is 0.341 e. The zero-order valence-electron chi connectivity index (χ0n) is 12.6. The first-order valence-electron chi connectivity index (χ1n) is 7.04. The van der Waals surface area contributed by atoms with Gasteiger partial charge in [-0.05, 0) is 29.8 Å². The fraction of sp³-hybridized carbons (Fsp3) is 0.118. The Kier molecular flexibility index (Phi) is 6.01. The Morgan fingerprint density at radius 1 is 1.17 bits per heavy atom. The number of carbonyl (C=O) groups is 2. The maximum absolute atomic E-state index is 12.8. The normalized spacial score (nSPS) is 10.5. The number of halogens is 1. The van der Waals surface area contributed by atoms with E-state index in [1.54, 1.807) is 24.3 Å². The Bertz CT molecular complexity index is 745. The molecule has 0 aliphatic heterocycles. The molecule has 0 atom stereocenters. The van der Waals surface area contributed by atoms with Crippen LogP contribution in [-0.4, -0.2) is 29.8 Å². The van der Waals surface area contributed by atoms with Crippen molar-refractivity contribution in [3.63, 3.8) is 0 Å². The lowest BCUT2D eigenvalue weighted by Crippen LogP contribution is -2.19. The maximum atomic E-state index is 12.8. The minimum atomic E-state index is -1.09. The summed E-state index contributed by atoms with van der Waals surface area (Å²) in [5.74, 6) is -1.47. The molecule has 0 unspecified atom stereocenters. The lowest BCUT2D eigenvalue weighted by molar-refractivity contribution is -0.139. The number of benzene rings is 2. The number of rotatable bonds is 7. The van der Waals surface area contributed by atoms with Gasteiger partial charge in [-0.1, -0.05) is 24.3 Å². The minimum Gasteiger partial charge on any atom is -0.481 e. The third-order valence-electron chi connectivity index (χ3n) is 2.94. The van der Waals surface area contributed by atoms with Crippen LogP contribution in [0.3, 0.4) is 0 Å². The molecule has 24 heavy (non-hydrogen) atoms. The molecule has 0 saturated carbocycles. The van der Waals surface area contributed by atoms with Gasteiger partial charge in [0.25, 0.3) is 0 Å². The van der Waals surface area contributed by atoms with Gasteiger partial charge >= 0.3 is 5.97 Å². The van der Waals surface area contributed by atoms with Gasteiger partial charge in [-0.15, -0.1) is 0 Å². The summed E-state index contributed by atoms with van der Waals surface area (Å²) < 4.78 is 17.9. The second-order valence-corrected chi connectivity index (χ2v) is 4.82. The number of para-hydroxylation sites is 1. The monoisotopic (exact) mass is 330 g/mol. The molecule has 124 valence electrons. The molecule has 0 aliphatic carbocycles. The third-order valence-corrected chi connectivity index (χ3v) is 2.94. The lowest BCUT2D eigenvalue weighted by atomic mass is 10.1. The van der Waals surface area contributed by atoms with Crippen molar-refractivity contribution in [3.05, 3.63) is 65.5 Å². The SMILES string of the molecule is O=C(O)COc1ccccc1/C=N\NC(=O)Cc1ccc(F)cc1. The van der Waals surface area contributed by atoms with Crippen molar-refractivity contribution >= 4 is 18.1 Å². The average molecular weight is 330 g/mol. The van der Waals surface area contributed by atoms with E-state index in [-0.39, 0.29) is 18.1 Å². The van der Waals surface area contributed by atoms with E-state index in [2.05, 4.69) is 10.5 Å². The summed E-state index contributed by atoms with van der Waals surface area (Å²) in [7, 11) is 0. The fourth-order valence-electron chi connectivity index (χ4n) is 1.86. The van der Waals surface area contributed by atoms with Crippen molar-refractivity contribution in [2.45, 2.75) is 6.42 Å². The Balaban J connectivity index is 1.92. The summed E-state index contributed by atoms with van der Waals surface area (Å²) in [4.78, 5) is 22.3. The van der Waals surface area contributed by atoms with E-state index in [9.17, 15) is 14.0 Å². The van der Waals surface area contributed by atoms with Gasteiger partial charge < -0.3 is 9.84 Å². The zero-order chi connectivity index (χ0) is 17.4. The van der Waals surface area contributed by atoms with Crippen molar-refractivity contribution in [1.29, 1.82) is 0 Å². The number of ether oxygens (including phenoxy) is 1. The van der Waals surface area contributed by atoms with Crippen LogP contribution >= 0.6 is 0 Å². The van der Waals surface area contributed by atoms with Crippen LogP contribution in [0, 0.1) is 5.82 Å². The van der Waals surface area contributed by atoms with Gasteiger partial charge in [0.1, 0.15) is 11.6 Å². The van der Waals surface area contributed by atoms with Gasteiger partial charge in [0.2, 0.25) is 5.91 Å². The molecular weight excluding hydrogens is 315 g/mol. The van der Waals surface area contributed by atoms with Crippen molar-refractivity contribution in [3.8, 4) is 5.75 Å². The number of hydrogen-bond acceptors (Lipinski definition) is 4. The van der Waals surface area contributed by atoms with Gasteiger partial charge in [-0.25, -0.2) is 14.6 Å². The summed E-state index contributed by atoms with van der Waals surface area (Å²) in [6.07, 6.45) is 1.43. The van der Waals surface area contributed by atoms with Crippen LogP contribution in [0.25, 0.3) is 0 Å². The van der Waals surface area contributed by atoms with Crippen molar-refractivity contribution in [1.82, 2.24) is 5.43 Å². The predicted octanol–water partition coefficient (Wildman–Crippen LogP) is 1.98. The number of carboxylic acids is 1. The predicted molar refractivity (Wildman–Crippen MR) is 85.4 cm³/mol. The molecule has 0 fully saturated rings. The van der Waals surface area contributed by atoms with E-state index in [4.69, 9.17) is 9.84 Å².